The van der Waals surface area contributed by atoms with Gasteiger partial charge in [0.25, 0.3) is 0 Å². The minimum atomic E-state index is -3.47. The van der Waals surface area contributed by atoms with Crippen LogP contribution in [0.5, 0.6) is 0 Å². The predicted molar refractivity (Wildman–Crippen MR) is 133 cm³/mol. The summed E-state index contributed by atoms with van der Waals surface area (Å²) in [5, 5.41) is 0.893. The fourth-order valence-electron chi connectivity index (χ4n) is 4.50. The number of sulfonamides is 1. The number of imidazole rings is 1. The van der Waals surface area contributed by atoms with Crippen molar-refractivity contribution < 1.29 is 13.2 Å². The maximum atomic E-state index is 13.1. The van der Waals surface area contributed by atoms with Crippen LogP contribution in [0.15, 0.2) is 59.1 Å². The molecule has 2 aromatic carbocycles. The normalized spacial score (nSPS) is 19.5. The van der Waals surface area contributed by atoms with Gasteiger partial charge in [0.2, 0.25) is 10.0 Å². The van der Waals surface area contributed by atoms with Crippen molar-refractivity contribution in [3.05, 3.63) is 60.2 Å². The average Bonchev–Trinajstić information content (AvgIpc) is 3.60. The summed E-state index contributed by atoms with van der Waals surface area (Å²) in [6.45, 7) is 6.53. The van der Waals surface area contributed by atoms with E-state index in [1.54, 1.807) is 28.2 Å². The zero-order chi connectivity index (χ0) is 22.8. The number of rotatable bonds is 8. The summed E-state index contributed by atoms with van der Waals surface area (Å²) in [6, 6.07) is 13.7. The second kappa shape index (κ2) is 9.62. The van der Waals surface area contributed by atoms with Gasteiger partial charge in [0, 0.05) is 25.4 Å². The molecule has 0 aliphatic carbocycles. The predicted octanol–water partition coefficient (Wildman–Crippen LogP) is 4.94. The molecule has 0 N–H and O–H groups in total. The molecule has 0 spiro atoms. The Balaban J connectivity index is 1.46. The van der Waals surface area contributed by atoms with Crippen molar-refractivity contribution in [2.75, 3.05) is 19.7 Å². The minimum absolute atomic E-state index is 0.168. The lowest BCUT2D eigenvalue weighted by Crippen LogP contribution is -2.27. The van der Waals surface area contributed by atoms with Crippen molar-refractivity contribution in [1.82, 2.24) is 13.9 Å². The smallest absolute Gasteiger partial charge is 0.243 e. The number of aromatic nitrogens is 2. The summed E-state index contributed by atoms with van der Waals surface area (Å²) in [6.07, 6.45) is 5.97. The van der Waals surface area contributed by atoms with Gasteiger partial charge >= 0.3 is 0 Å². The Kier molecular flexibility index (Phi) is 6.60. The van der Waals surface area contributed by atoms with Gasteiger partial charge in [-0.3, -0.25) is 0 Å². The number of fused-ring (bicyclic) bond motifs is 1. The molecule has 2 saturated heterocycles. The van der Waals surface area contributed by atoms with Crippen molar-refractivity contribution in [3.63, 3.8) is 0 Å². The molecular weight excluding hydrogens is 454 g/mol. The molecule has 2 fully saturated rings. The lowest BCUT2D eigenvalue weighted by Gasteiger charge is -2.16. The number of nitrogens with zero attached hydrogens (tertiary/aromatic N) is 3. The molecule has 3 heterocycles. The van der Waals surface area contributed by atoms with E-state index in [9.17, 15) is 8.42 Å². The third-order valence-electron chi connectivity index (χ3n) is 6.38. The van der Waals surface area contributed by atoms with E-state index in [1.165, 1.54) is 5.56 Å². The molecule has 1 atom stereocenters. The van der Waals surface area contributed by atoms with E-state index in [4.69, 9.17) is 9.72 Å². The first-order valence-electron chi connectivity index (χ1n) is 11.5. The highest BCUT2D eigenvalue weighted by atomic mass is 32.2. The molecule has 3 aromatic rings. The number of hydrogen-bond donors (Lipinski definition) is 0. The van der Waals surface area contributed by atoms with Gasteiger partial charge in [0.1, 0.15) is 0 Å². The first-order chi connectivity index (χ1) is 16.0. The molecular formula is C25H29N3O3S2. The Morgan fingerprint density at radius 2 is 1.91 bits per heavy atom. The molecule has 1 aromatic heterocycles. The van der Waals surface area contributed by atoms with Crippen molar-refractivity contribution in [2.24, 2.45) is 0 Å². The number of ether oxygens (including phenoxy) is 1. The van der Waals surface area contributed by atoms with Crippen molar-refractivity contribution in [2.45, 2.75) is 54.1 Å². The average molecular weight is 484 g/mol. The Labute approximate surface area is 199 Å². The van der Waals surface area contributed by atoms with Crippen LogP contribution in [0.1, 0.15) is 36.8 Å². The van der Waals surface area contributed by atoms with Crippen LogP contribution in [0.3, 0.4) is 0 Å². The summed E-state index contributed by atoms with van der Waals surface area (Å²) in [5.41, 5.74) is 3.98. The lowest BCUT2D eigenvalue weighted by molar-refractivity contribution is 0.0960. The molecule has 0 saturated carbocycles. The molecule has 33 heavy (non-hydrogen) atoms. The van der Waals surface area contributed by atoms with E-state index in [2.05, 4.69) is 35.4 Å². The number of thioether (sulfide) groups is 1. The van der Waals surface area contributed by atoms with Crippen molar-refractivity contribution in [1.29, 1.82) is 0 Å². The molecule has 8 heteroatoms. The first-order valence-corrected chi connectivity index (χ1v) is 13.9. The second-order valence-corrected chi connectivity index (χ2v) is 11.5. The molecule has 2 aliphatic heterocycles. The summed E-state index contributed by atoms with van der Waals surface area (Å²) in [4.78, 5) is 5.20. The molecule has 0 unspecified atom stereocenters. The van der Waals surface area contributed by atoms with Gasteiger partial charge in [-0.15, -0.1) is 0 Å². The van der Waals surface area contributed by atoms with Crippen LogP contribution in [0, 0.1) is 0 Å². The molecule has 0 bridgehead atoms. The van der Waals surface area contributed by atoms with Gasteiger partial charge in [-0.1, -0.05) is 48.7 Å². The van der Waals surface area contributed by atoms with Crippen LogP contribution in [-0.2, 0) is 27.1 Å². The first kappa shape index (κ1) is 22.7. The second-order valence-electron chi connectivity index (χ2n) is 8.64. The molecule has 2 aliphatic rings. The van der Waals surface area contributed by atoms with Gasteiger partial charge in [0.05, 0.1) is 28.6 Å². The zero-order valence-corrected chi connectivity index (χ0v) is 20.3. The maximum absolute atomic E-state index is 13.1. The zero-order valence-electron chi connectivity index (χ0n) is 18.7. The molecule has 174 valence electrons. The molecule has 5 rings (SSSR count). The van der Waals surface area contributed by atoms with E-state index in [-0.39, 0.29) is 6.10 Å². The van der Waals surface area contributed by atoms with Crippen molar-refractivity contribution >= 4 is 38.9 Å². The standard InChI is InChI=1S/C25H29N3O3S2/c1-2-19-7-9-20(10-8-19)18-32-25-26-23-16-22(33(29,30)27-13-3-4-14-27)11-12-24(23)28(25)17-21-6-5-15-31-21/h2,7-12,16,21H,1,3-6,13-15,17-18H2/t21-/m1/s1. The Morgan fingerprint density at radius 3 is 2.61 bits per heavy atom. The summed E-state index contributed by atoms with van der Waals surface area (Å²) >= 11 is 1.67. The van der Waals surface area contributed by atoms with Gasteiger partial charge in [-0.25, -0.2) is 13.4 Å². The minimum Gasteiger partial charge on any atom is -0.376 e. The quantitative estimate of drug-likeness (QED) is 0.425. The fourth-order valence-corrected chi connectivity index (χ4v) is 7.02. The summed E-state index contributed by atoms with van der Waals surface area (Å²) in [5.74, 6) is 0.783. The number of hydrogen-bond acceptors (Lipinski definition) is 5. The van der Waals surface area contributed by atoms with E-state index in [1.807, 2.05) is 12.1 Å². The Morgan fingerprint density at radius 1 is 1.12 bits per heavy atom. The third-order valence-corrected chi connectivity index (χ3v) is 9.32. The van der Waals surface area contributed by atoms with Gasteiger partial charge in [0.15, 0.2) is 5.16 Å². The van der Waals surface area contributed by atoms with Crippen LogP contribution in [0.4, 0.5) is 0 Å². The van der Waals surface area contributed by atoms with E-state index in [0.29, 0.717) is 18.0 Å². The van der Waals surface area contributed by atoms with Crippen LogP contribution in [0.2, 0.25) is 0 Å². The van der Waals surface area contributed by atoms with Crippen LogP contribution in [-0.4, -0.2) is 48.1 Å². The van der Waals surface area contributed by atoms with E-state index < -0.39 is 10.0 Å². The summed E-state index contributed by atoms with van der Waals surface area (Å²) in [7, 11) is -3.47. The SMILES string of the molecule is C=Cc1ccc(CSc2nc3cc(S(=O)(=O)N4CCCC4)ccc3n2C[C@H]2CCCO2)cc1. The Bertz CT molecular complexity index is 1240. The fraction of sp³-hybridized carbons (Fsp3) is 0.400. The molecule has 0 radical (unpaired) electrons. The lowest BCUT2D eigenvalue weighted by atomic mass is 10.1. The van der Waals surface area contributed by atoms with E-state index >= 15 is 0 Å². The van der Waals surface area contributed by atoms with Crippen molar-refractivity contribution in [3.8, 4) is 0 Å². The molecule has 6 nitrogen and oxygen atoms in total. The highest BCUT2D eigenvalue weighted by molar-refractivity contribution is 7.98. The Hall–Kier alpha value is -2.13. The molecule has 0 amide bonds. The largest absolute Gasteiger partial charge is 0.376 e. The van der Waals surface area contributed by atoms with Crippen LogP contribution >= 0.6 is 11.8 Å². The van der Waals surface area contributed by atoms with Gasteiger partial charge in [-0.2, -0.15) is 4.31 Å². The highest BCUT2D eigenvalue weighted by Gasteiger charge is 2.28. The maximum Gasteiger partial charge on any atom is 0.243 e. The monoisotopic (exact) mass is 483 g/mol. The van der Waals surface area contributed by atoms with Crippen LogP contribution < -0.4 is 0 Å². The topological polar surface area (TPSA) is 64.4 Å². The van der Waals surface area contributed by atoms with Gasteiger partial charge < -0.3 is 9.30 Å². The summed E-state index contributed by atoms with van der Waals surface area (Å²) < 4.78 is 35.8. The van der Waals surface area contributed by atoms with Gasteiger partial charge in [-0.05, 0) is 55.0 Å². The highest BCUT2D eigenvalue weighted by Crippen LogP contribution is 2.31. The third kappa shape index (κ3) is 4.75. The van der Waals surface area contributed by atoms with E-state index in [0.717, 1.165) is 66.3 Å². The van der Waals surface area contributed by atoms with Crippen LogP contribution in [0.25, 0.3) is 17.1 Å². The number of benzene rings is 2.